The molecule has 0 radical (unpaired) electrons. The summed E-state index contributed by atoms with van der Waals surface area (Å²) in [5, 5.41) is 7.88. The van der Waals surface area contributed by atoms with E-state index in [1.807, 2.05) is 17.9 Å². The van der Waals surface area contributed by atoms with Crippen LogP contribution in [0.3, 0.4) is 0 Å². The van der Waals surface area contributed by atoms with Crippen molar-refractivity contribution in [3.8, 4) is 0 Å². The minimum atomic E-state index is 0.640. The van der Waals surface area contributed by atoms with Gasteiger partial charge in [0.15, 0.2) is 0 Å². The second kappa shape index (κ2) is 9.45. The molecule has 0 fully saturated rings. The van der Waals surface area contributed by atoms with E-state index < -0.39 is 0 Å². The van der Waals surface area contributed by atoms with Crippen LogP contribution in [0.25, 0.3) is 0 Å². The fourth-order valence-electron chi connectivity index (χ4n) is 1.90. The van der Waals surface area contributed by atoms with E-state index in [0.717, 1.165) is 13.0 Å². The molecule has 0 aliphatic rings. The van der Waals surface area contributed by atoms with Crippen LogP contribution in [0, 0.1) is 0 Å². The van der Waals surface area contributed by atoms with Crippen LogP contribution >= 0.6 is 11.8 Å². The topological polar surface area (TPSA) is 29.9 Å². The van der Waals surface area contributed by atoms with Crippen molar-refractivity contribution in [2.24, 2.45) is 7.05 Å². The molecule has 1 unspecified atom stereocenters. The van der Waals surface area contributed by atoms with Crippen LogP contribution in [0.1, 0.15) is 38.7 Å². The van der Waals surface area contributed by atoms with Gasteiger partial charge in [-0.05, 0) is 43.5 Å². The molecule has 18 heavy (non-hydrogen) atoms. The molecule has 1 rings (SSSR count). The predicted molar refractivity (Wildman–Crippen MR) is 81.2 cm³/mol. The van der Waals surface area contributed by atoms with Crippen molar-refractivity contribution in [2.75, 3.05) is 18.1 Å². The average Bonchev–Trinajstić information content (AvgIpc) is 2.78. The minimum Gasteiger partial charge on any atom is -0.313 e. The molecule has 1 atom stereocenters. The van der Waals surface area contributed by atoms with Crippen LogP contribution in [-0.2, 0) is 13.5 Å². The molecule has 1 aromatic rings. The molecular weight excluding hydrogens is 242 g/mol. The quantitative estimate of drug-likeness (QED) is 0.662. The van der Waals surface area contributed by atoms with Gasteiger partial charge < -0.3 is 5.32 Å². The van der Waals surface area contributed by atoms with Crippen LogP contribution in [0.15, 0.2) is 12.4 Å². The number of aryl methyl sites for hydroxylation is 2. The van der Waals surface area contributed by atoms with E-state index >= 15 is 0 Å². The van der Waals surface area contributed by atoms with Gasteiger partial charge in [0.2, 0.25) is 0 Å². The number of nitrogens with one attached hydrogen (secondary N) is 1. The molecule has 104 valence electrons. The lowest BCUT2D eigenvalue weighted by Gasteiger charge is -2.17. The molecule has 1 heterocycles. The van der Waals surface area contributed by atoms with Gasteiger partial charge in [0.25, 0.3) is 0 Å². The van der Waals surface area contributed by atoms with Gasteiger partial charge in [0.1, 0.15) is 0 Å². The van der Waals surface area contributed by atoms with Gasteiger partial charge in [0, 0.05) is 25.0 Å². The number of hydrogen-bond donors (Lipinski definition) is 1. The Balaban J connectivity index is 2.29. The molecule has 0 saturated carbocycles. The summed E-state index contributed by atoms with van der Waals surface area (Å²) in [6.45, 7) is 5.60. The van der Waals surface area contributed by atoms with E-state index in [2.05, 4.69) is 42.2 Å². The fourth-order valence-corrected chi connectivity index (χ4v) is 2.93. The van der Waals surface area contributed by atoms with E-state index in [9.17, 15) is 0 Å². The Bertz CT molecular complexity index is 312. The average molecular weight is 269 g/mol. The molecule has 0 saturated heterocycles. The van der Waals surface area contributed by atoms with Crippen LogP contribution in [0.2, 0.25) is 0 Å². The van der Waals surface area contributed by atoms with Crippen LogP contribution < -0.4 is 5.32 Å². The summed E-state index contributed by atoms with van der Waals surface area (Å²) in [7, 11) is 1.98. The SMILES string of the molecule is CCCNC(CCc1cnn(C)c1)CSCCC. The summed E-state index contributed by atoms with van der Waals surface area (Å²) in [5.74, 6) is 2.51. The number of rotatable bonds is 10. The van der Waals surface area contributed by atoms with Crippen molar-refractivity contribution >= 4 is 11.8 Å². The molecule has 0 bridgehead atoms. The zero-order valence-electron chi connectivity index (χ0n) is 12.0. The lowest BCUT2D eigenvalue weighted by Crippen LogP contribution is -2.32. The van der Waals surface area contributed by atoms with E-state index in [-0.39, 0.29) is 0 Å². The second-order valence-electron chi connectivity index (χ2n) is 4.79. The highest BCUT2D eigenvalue weighted by Crippen LogP contribution is 2.10. The number of aromatic nitrogens is 2. The summed E-state index contributed by atoms with van der Waals surface area (Å²) >= 11 is 2.07. The Morgan fingerprint density at radius 1 is 1.39 bits per heavy atom. The zero-order chi connectivity index (χ0) is 13.2. The predicted octanol–water partition coefficient (Wildman–Crippen LogP) is 2.86. The summed E-state index contributed by atoms with van der Waals surface area (Å²) < 4.78 is 1.88. The molecule has 0 aliphatic heterocycles. The standard InChI is InChI=1S/C14H27N3S/c1-4-8-15-14(12-18-9-5-2)7-6-13-10-16-17(3)11-13/h10-11,14-15H,4-9,12H2,1-3H3. The summed E-state index contributed by atoms with van der Waals surface area (Å²) in [4.78, 5) is 0. The van der Waals surface area contributed by atoms with Gasteiger partial charge in [-0.15, -0.1) is 0 Å². The monoisotopic (exact) mass is 269 g/mol. The van der Waals surface area contributed by atoms with Gasteiger partial charge in [-0.1, -0.05) is 13.8 Å². The first kappa shape index (κ1) is 15.6. The zero-order valence-corrected chi connectivity index (χ0v) is 12.8. The maximum absolute atomic E-state index is 4.22. The molecule has 0 spiro atoms. The Morgan fingerprint density at radius 2 is 2.22 bits per heavy atom. The van der Waals surface area contributed by atoms with Crippen LogP contribution in [-0.4, -0.2) is 33.9 Å². The number of nitrogens with zero attached hydrogens (tertiary/aromatic N) is 2. The molecule has 1 aromatic heterocycles. The minimum absolute atomic E-state index is 0.640. The van der Waals surface area contributed by atoms with Crippen molar-refractivity contribution in [3.05, 3.63) is 18.0 Å². The van der Waals surface area contributed by atoms with Crippen molar-refractivity contribution in [2.45, 2.75) is 45.6 Å². The molecule has 4 heteroatoms. The first-order valence-corrected chi connectivity index (χ1v) is 8.20. The highest BCUT2D eigenvalue weighted by molar-refractivity contribution is 7.99. The maximum atomic E-state index is 4.22. The fraction of sp³-hybridized carbons (Fsp3) is 0.786. The van der Waals surface area contributed by atoms with Crippen molar-refractivity contribution in [1.82, 2.24) is 15.1 Å². The first-order chi connectivity index (χ1) is 8.76. The van der Waals surface area contributed by atoms with Gasteiger partial charge in [-0.25, -0.2) is 0 Å². The Hall–Kier alpha value is -0.480. The third-order valence-electron chi connectivity index (χ3n) is 2.89. The first-order valence-electron chi connectivity index (χ1n) is 7.04. The molecule has 3 nitrogen and oxygen atoms in total. The second-order valence-corrected chi connectivity index (χ2v) is 5.94. The Kier molecular flexibility index (Phi) is 8.18. The lowest BCUT2D eigenvalue weighted by molar-refractivity contribution is 0.520. The van der Waals surface area contributed by atoms with E-state index in [0.29, 0.717) is 6.04 Å². The summed E-state index contributed by atoms with van der Waals surface area (Å²) in [6, 6.07) is 0.640. The van der Waals surface area contributed by atoms with Crippen LogP contribution in [0.4, 0.5) is 0 Å². The van der Waals surface area contributed by atoms with E-state index in [1.165, 1.54) is 36.3 Å². The number of thioether (sulfide) groups is 1. The smallest absolute Gasteiger partial charge is 0.0521 e. The van der Waals surface area contributed by atoms with E-state index in [1.54, 1.807) is 0 Å². The molecule has 0 aliphatic carbocycles. The Labute approximate surface area is 116 Å². The largest absolute Gasteiger partial charge is 0.313 e. The highest BCUT2D eigenvalue weighted by atomic mass is 32.2. The molecule has 1 N–H and O–H groups in total. The van der Waals surface area contributed by atoms with Crippen molar-refractivity contribution in [3.63, 3.8) is 0 Å². The van der Waals surface area contributed by atoms with Crippen molar-refractivity contribution in [1.29, 1.82) is 0 Å². The van der Waals surface area contributed by atoms with Crippen LogP contribution in [0.5, 0.6) is 0 Å². The normalized spacial score (nSPS) is 12.8. The van der Waals surface area contributed by atoms with E-state index in [4.69, 9.17) is 0 Å². The summed E-state index contributed by atoms with van der Waals surface area (Å²) in [5.41, 5.74) is 1.35. The van der Waals surface area contributed by atoms with Gasteiger partial charge in [-0.2, -0.15) is 16.9 Å². The van der Waals surface area contributed by atoms with Crippen molar-refractivity contribution < 1.29 is 0 Å². The highest BCUT2D eigenvalue weighted by Gasteiger charge is 2.08. The number of hydrogen-bond acceptors (Lipinski definition) is 3. The Morgan fingerprint density at radius 3 is 2.83 bits per heavy atom. The van der Waals surface area contributed by atoms with Gasteiger partial charge in [0.05, 0.1) is 6.20 Å². The lowest BCUT2D eigenvalue weighted by atomic mass is 10.1. The maximum Gasteiger partial charge on any atom is 0.0521 e. The molecule has 0 aromatic carbocycles. The summed E-state index contributed by atoms with van der Waals surface area (Å²) in [6.07, 6.45) is 8.92. The van der Waals surface area contributed by atoms with Gasteiger partial charge in [-0.3, -0.25) is 4.68 Å². The molecular formula is C14H27N3S. The molecule has 0 amide bonds. The van der Waals surface area contributed by atoms with Gasteiger partial charge >= 0.3 is 0 Å². The third kappa shape index (κ3) is 6.45. The third-order valence-corrected chi connectivity index (χ3v) is 4.23.